The second-order valence-electron chi connectivity index (χ2n) is 6.37. The van der Waals surface area contributed by atoms with Crippen LogP contribution in [-0.4, -0.2) is 24.4 Å². The zero-order valence-corrected chi connectivity index (χ0v) is 16.3. The average Bonchev–Trinajstić information content (AvgIpc) is 3.12. The van der Waals surface area contributed by atoms with E-state index >= 15 is 0 Å². The molecule has 5 heteroatoms. The van der Waals surface area contributed by atoms with Crippen LogP contribution in [0.2, 0.25) is 0 Å². The van der Waals surface area contributed by atoms with Gasteiger partial charge in [-0.1, -0.05) is 23.9 Å². The summed E-state index contributed by atoms with van der Waals surface area (Å²) >= 11 is 7.15. The number of rotatable bonds is 5. The topological polar surface area (TPSA) is 33.3 Å². The van der Waals surface area contributed by atoms with Crippen molar-refractivity contribution in [2.24, 2.45) is 0 Å². The third-order valence-corrected chi connectivity index (χ3v) is 5.61. The van der Waals surface area contributed by atoms with Gasteiger partial charge in [-0.15, -0.1) is 0 Å². The summed E-state index contributed by atoms with van der Waals surface area (Å²) in [6.45, 7) is 5.91. The van der Waals surface area contributed by atoms with Crippen molar-refractivity contribution >= 4 is 34.8 Å². The van der Waals surface area contributed by atoms with Crippen molar-refractivity contribution in [3.05, 3.63) is 53.6 Å². The zero-order valence-electron chi connectivity index (χ0n) is 14.7. The quantitative estimate of drug-likeness (QED) is 0.728. The maximum atomic E-state index is 5.59. The number of hydrogen-bond donors (Lipinski definition) is 2. The predicted octanol–water partition coefficient (Wildman–Crippen LogP) is 4.92. The van der Waals surface area contributed by atoms with Crippen LogP contribution in [0.1, 0.15) is 24.0 Å². The van der Waals surface area contributed by atoms with Gasteiger partial charge in [-0.25, -0.2) is 0 Å². The molecule has 1 heterocycles. The molecular weight excluding hydrogens is 348 g/mol. The number of benzene rings is 2. The molecule has 0 aliphatic carbocycles. The molecule has 1 aliphatic heterocycles. The van der Waals surface area contributed by atoms with Crippen LogP contribution in [0.15, 0.2) is 52.3 Å². The van der Waals surface area contributed by atoms with Crippen molar-refractivity contribution in [2.75, 3.05) is 18.5 Å². The first-order valence-corrected chi connectivity index (χ1v) is 9.84. The summed E-state index contributed by atoms with van der Waals surface area (Å²) in [7, 11) is 0. The van der Waals surface area contributed by atoms with E-state index in [9.17, 15) is 0 Å². The molecule has 2 aromatic carbocycles. The van der Waals surface area contributed by atoms with Crippen LogP contribution in [-0.2, 0) is 4.74 Å². The largest absolute Gasteiger partial charge is 0.376 e. The Kier molecular flexibility index (Phi) is 6.34. The highest BCUT2D eigenvalue weighted by atomic mass is 32.2. The summed E-state index contributed by atoms with van der Waals surface area (Å²) in [5.74, 6) is 0. The molecule has 3 rings (SSSR count). The Hall–Kier alpha value is -1.56. The fraction of sp³-hybridized carbons (Fsp3) is 0.350. The molecule has 0 bridgehead atoms. The van der Waals surface area contributed by atoms with Gasteiger partial charge in [-0.05, 0) is 80.4 Å². The van der Waals surface area contributed by atoms with Gasteiger partial charge in [0.1, 0.15) is 0 Å². The highest BCUT2D eigenvalue weighted by Crippen LogP contribution is 2.31. The highest BCUT2D eigenvalue weighted by Gasteiger charge is 2.15. The van der Waals surface area contributed by atoms with Crippen LogP contribution in [0.4, 0.5) is 5.69 Å². The van der Waals surface area contributed by atoms with Crippen molar-refractivity contribution in [1.82, 2.24) is 5.32 Å². The lowest BCUT2D eigenvalue weighted by Crippen LogP contribution is -2.34. The summed E-state index contributed by atoms with van der Waals surface area (Å²) < 4.78 is 5.59. The van der Waals surface area contributed by atoms with Crippen LogP contribution in [0.5, 0.6) is 0 Å². The minimum absolute atomic E-state index is 0.288. The Balaban J connectivity index is 1.52. The fourth-order valence-electron chi connectivity index (χ4n) is 2.74. The molecule has 2 N–H and O–H groups in total. The molecule has 0 amide bonds. The van der Waals surface area contributed by atoms with Gasteiger partial charge in [-0.3, -0.25) is 0 Å². The lowest BCUT2D eigenvalue weighted by molar-refractivity contribution is 0.114. The van der Waals surface area contributed by atoms with Crippen LogP contribution in [0, 0.1) is 13.8 Å². The molecule has 1 unspecified atom stereocenters. The van der Waals surface area contributed by atoms with E-state index in [1.807, 2.05) is 0 Å². The number of nitrogens with one attached hydrogen (secondary N) is 2. The first kappa shape index (κ1) is 18.2. The van der Waals surface area contributed by atoms with Gasteiger partial charge in [0, 0.05) is 28.6 Å². The number of ether oxygens (including phenoxy) is 1. The Morgan fingerprint density at radius 1 is 1.20 bits per heavy atom. The van der Waals surface area contributed by atoms with Gasteiger partial charge in [0.15, 0.2) is 5.11 Å². The Morgan fingerprint density at radius 2 is 2.00 bits per heavy atom. The Bertz CT molecular complexity index is 725. The standard InChI is InChI=1S/C20H24N2OS2/c1-14-5-6-15(2)19(12-14)25-18-9-7-16(8-10-18)22-20(24)21-13-17-4-3-11-23-17/h5-10,12,17H,3-4,11,13H2,1-2H3,(H2,21,22,24). The maximum absolute atomic E-state index is 5.59. The summed E-state index contributed by atoms with van der Waals surface area (Å²) in [5, 5.41) is 7.11. The highest BCUT2D eigenvalue weighted by molar-refractivity contribution is 7.99. The molecule has 2 aromatic rings. The molecule has 0 aromatic heterocycles. The van der Waals surface area contributed by atoms with Crippen LogP contribution in [0.25, 0.3) is 0 Å². The van der Waals surface area contributed by atoms with Crippen molar-refractivity contribution in [1.29, 1.82) is 0 Å². The minimum Gasteiger partial charge on any atom is -0.376 e. The van der Waals surface area contributed by atoms with Gasteiger partial charge >= 0.3 is 0 Å². The molecule has 1 saturated heterocycles. The number of thiocarbonyl (C=S) groups is 1. The minimum atomic E-state index is 0.288. The number of anilines is 1. The third kappa shape index (κ3) is 5.46. The van der Waals surface area contributed by atoms with Gasteiger partial charge in [-0.2, -0.15) is 0 Å². The predicted molar refractivity (Wildman–Crippen MR) is 110 cm³/mol. The van der Waals surface area contributed by atoms with E-state index in [-0.39, 0.29) is 6.10 Å². The molecule has 0 radical (unpaired) electrons. The van der Waals surface area contributed by atoms with Gasteiger partial charge in [0.2, 0.25) is 0 Å². The lowest BCUT2D eigenvalue weighted by atomic mass is 10.2. The second-order valence-corrected chi connectivity index (χ2v) is 7.89. The van der Waals surface area contributed by atoms with E-state index in [0.717, 1.165) is 31.7 Å². The number of hydrogen-bond acceptors (Lipinski definition) is 3. The zero-order chi connectivity index (χ0) is 17.6. The van der Waals surface area contributed by atoms with Crippen molar-refractivity contribution in [3.8, 4) is 0 Å². The van der Waals surface area contributed by atoms with E-state index in [1.54, 1.807) is 11.8 Å². The SMILES string of the molecule is Cc1ccc(C)c(Sc2ccc(NC(=S)NCC3CCCO3)cc2)c1. The summed E-state index contributed by atoms with van der Waals surface area (Å²) in [4.78, 5) is 2.52. The molecule has 3 nitrogen and oxygen atoms in total. The average molecular weight is 373 g/mol. The van der Waals surface area contributed by atoms with E-state index in [1.165, 1.54) is 20.9 Å². The summed E-state index contributed by atoms with van der Waals surface area (Å²) in [6, 6.07) is 14.9. The van der Waals surface area contributed by atoms with Gasteiger partial charge < -0.3 is 15.4 Å². The van der Waals surface area contributed by atoms with Gasteiger partial charge in [0.25, 0.3) is 0 Å². The van der Waals surface area contributed by atoms with E-state index in [0.29, 0.717) is 5.11 Å². The number of aryl methyl sites for hydroxylation is 2. The molecule has 132 valence electrons. The first-order valence-electron chi connectivity index (χ1n) is 8.62. The molecule has 1 aliphatic rings. The van der Waals surface area contributed by atoms with Crippen molar-refractivity contribution in [2.45, 2.75) is 42.6 Å². The fourth-order valence-corrected chi connectivity index (χ4v) is 3.94. The molecule has 0 spiro atoms. The lowest BCUT2D eigenvalue weighted by Gasteiger charge is -2.14. The second kappa shape index (κ2) is 8.70. The Labute approximate surface area is 159 Å². The first-order chi connectivity index (χ1) is 12.1. The molecule has 0 saturated carbocycles. The van der Waals surface area contributed by atoms with E-state index in [2.05, 4.69) is 66.9 Å². The molecule has 25 heavy (non-hydrogen) atoms. The smallest absolute Gasteiger partial charge is 0.170 e. The molecule has 1 atom stereocenters. The summed E-state index contributed by atoms with van der Waals surface area (Å²) in [5.41, 5.74) is 3.58. The normalized spacial score (nSPS) is 16.6. The summed E-state index contributed by atoms with van der Waals surface area (Å²) in [6.07, 6.45) is 2.54. The van der Waals surface area contributed by atoms with Crippen LogP contribution >= 0.6 is 24.0 Å². The monoisotopic (exact) mass is 372 g/mol. The van der Waals surface area contributed by atoms with E-state index < -0.39 is 0 Å². The Morgan fingerprint density at radius 3 is 2.72 bits per heavy atom. The van der Waals surface area contributed by atoms with Crippen LogP contribution in [0.3, 0.4) is 0 Å². The van der Waals surface area contributed by atoms with Crippen LogP contribution < -0.4 is 10.6 Å². The maximum Gasteiger partial charge on any atom is 0.170 e. The molecule has 1 fully saturated rings. The van der Waals surface area contributed by atoms with Gasteiger partial charge in [0.05, 0.1) is 6.10 Å². The molecular formula is C20H24N2OS2. The third-order valence-electron chi connectivity index (χ3n) is 4.20. The van der Waals surface area contributed by atoms with E-state index in [4.69, 9.17) is 17.0 Å². The van der Waals surface area contributed by atoms with Crippen molar-refractivity contribution in [3.63, 3.8) is 0 Å². The van der Waals surface area contributed by atoms with Crippen molar-refractivity contribution < 1.29 is 4.74 Å².